The molecule has 0 radical (unpaired) electrons. The number of esters is 3. The van der Waals surface area contributed by atoms with Crippen molar-refractivity contribution < 1.29 is 28.6 Å². The minimum absolute atomic E-state index is 0.0114. The van der Waals surface area contributed by atoms with Gasteiger partial charge in [-0.1, -0.05) is 202 Å². The van der Waals surface area contributed by atoms with E-state index in [1.54, 1.807) is 0 Å². The predicted octanol–water partition coefficient (Wildman–Crippen LogP) is 15.1. The predicted molar refractivity (Wildman–Crippen MR) is 251 cm³/mol. The van der Waals surface area contributed by atoms with Crippen LogP contribution in [0.5, 0.6) is 0 Å². The maximum Gasteiger partial charge on any atom is 0.308 e. The van der Waals surface area contributed by atoms with Gasteiger partial charge >= 0.3 is 17.9 Å². The average molecular weight is 836 g/mol. The lowest BCUT2D eigenvalue weighted by atomic mass is 9.92. The Labute approximate surface area is 367 Å². The number of hydrogen-bond acceptors (Lipinski definition) is 7. The van der Waals surface area contributed by atoms with E-state index in [0.29, 0.717) is 44.5 Å². The molecule has 0 spiro atoms. The zero-order chi connectivity index (χ0) is 43.4. The highest BCUT2D eigenvalue weighted by Gasteiger charge is 2.20. The normalized spacial score (nSPS) is 11.7. The minimum atomic E-state index is -0.0293. The Bertz CT molecular complexity index is 849. The van der Waals surface area contributed by atoms with Crippen molar-refractivity contribution >= 4 is 17.9 Å². The van der Waals surface area contributed by atoms with Crippen LogP contribution in [0.15, 0.2) is 0 Å². The lowest BCUT2D eigenvalue weighted by Crippen LogP contribution is -2.23. The molecule has 0 aliphatic rings. The molecule has 0 aromatic rings. The van der Waals surface area contributed by atoms with Crippen molar-refractivity contribution in [3.05, 3.63) is 0 Å². The second-order valence-electron chi connectivity index (χ2n) is 18.2. The molecule has 0 aliphatic carbocycles. The summed E-state index contributed by atoms with van der Waals surface area (Å²) in [6, 6.07) is 0. The Balaban J connectivity index is 4.34. The van der Waals surface area contributed by atoms with Crippen LogP contribution in [0.25, 0.3) is 0 Å². The molecular formula is C52H101NO6. The van der Waals surface area contributed by atoms with E-state index in [2.05, 4.69) is 46.6 Å². The summed E-state index contributed by atoms with van der Waals surface area (Å²) in [7, 11) is 2.10. The number of rotatable bonds is 46. The van der Waals surface area contributed by atoms with Gasteiger partial charge in [0.2, 0.25) is 0 Å². The molecule has 0 saturated heterocycles. The number of ether oxygens (including phenoxy) is 3. The van der Waals surface area contributed by atoms with Gasteiger partial charge in [-0.15, -0.1) is 0 Å². The summed E-state index contributed by atoms with van der Waals surface area (Å²) in [4.78, 5) is 40.1. The molecule has 0 bridgehead atoms. The standard InChI is InChI=1S/C52H101NO6/c1-7-12-24-33-47(34-25-13-8-2)41-45-57-50(54)39-30-22-18-16-20-28-37-49(52(56)59-44-32-43-53(6)11-5)38-29-21-17-19-23-31-40-51(55)58-46-42-48(35-26-14-9-3)36-27-15-10-4/h47-49H,7-46H2,1-6H3. The second-order valence-corrected chi connectivity index (χ2v) is 18.2. The van der Waals surface area contributed by atoms with Crippen molar-refractivity contribution in [1.29, 1.82) is 0 Å². The van der Waals surface area contributed by atoms with Gasteiger partial charge in [-0.3, -0.25) is 14.4 Å². The molecule has 0 aromatic carbocycles. The van der Waals surface area contributed by atoms with Gasteiger partial charge in [-0.05, 0) is 70.4 Å². The van der Waals surface area contributed by atoms with Gasteiger partial charge in [-0.2, -0.15) is 0 Å². The van der Waals surface area contributed by atoms with E-state index < -0.39 is 0 Å². The van der Waals surface area contributed by atoms with Crippen LogP contribution < -0.4 is 0 Å². The lowest BCUT2D eigenvalue weighted by Gasteiger charge is -2.17. The van der Waals surface area contributed by atoms with Crippen LogP contribution in [-0.2, 0) is 28.6 Å². The first-order valence-electron chi connectivity index (χ1n) is 26.0. The summed E-state index contributed by atoms with van der Waals surface area (Å²) < 4.78 is 17.1. The van der Waals surface area contributed by atoms with Gasteiger partial charge in [0.1, 0.15) is 0 Å². The smallest absolute Gasteiger partial charge is 0.308 e. The molecular weight excluding hydrogens is 735 g/mol. The molecule has 0 aromatic heterocycles. The van der Waals surface area contributed by atoms with Crippen LogP contribution >= 0.6 is 0 Å². The van der Waals surface area contributed by atoms with E-state index >= 15 is 0 Å². The second kappa shape index (κ2) is 44.4. The van der Waals surface area contributed by atoms with Gasteiger partial charge in [-0.25, -0.2) is 0 Å². The third-order valence-electron chi connectivity index (χ3n) is 12.6. The van der Waals surface area contributed by atoms with Gasteiger partial charge in [0, 0.05) is 19.4 Å². The summed E-state index contributed by atoms with van der Waals surface area (Å²) in [5, 5.41) is 0. The quantitative estimate of drug-likeness (QED) is 0.0343. The average Bonchev–Trinajstić information content (AvgIpc) is 3.23. The number of hydrogen-bond donors (Lipinski definition) is 0. The van der Waals surface area contributed by atoms with Crippen molar-refractivity contribution in [2.75, 3.05) is 40.0 Å². The molecule has 0 N–H and O–H groups in total. The number of unbranched alkanes of at least 4 members (excludes halogenated alkanes) is 18. The highest BCUT2D eigenvalue weighted by atomic mass is 16.5. The Morgan fingerprint density at radius 3 is 1.12 bits per heavy atom. The van der Waals surface area contributed by atoms with Gasteiger partial charge < -0.3 is 19.1 Å². The van der Waals surface area contributed by atoms with E-state index in [9.17, 15) is 14.4 Å². The highest BCUT2D eigenvalue weighted by molar-refractivity contribution is 5.72. The molecule has 0 aliphatic heterocycles. The Hall–Kier alpha value is -1.63. The van der Waals surface area contributed by atoms with Gasteiger partial charge in [0.25, 0.3) is 0 Å². The summed E-state index contributed by atoms with van der Waals surface area (Å²) in [6.07, 6.45) is 39.1. The molecule has 0 atom stereocenters. The van der Waals surface area contributed by atoms with Crippen LogP contribution in [0, 0.1) is 17.8 Å². The Morgan fingerprint density at radius 2 is 0.746 bits per heavy atom. The molecule has 0 saturated carbocycles. The summed E-state index contributed by atoms with van der Waals surface area (Å²) in [6.45, 7) is 14.8. The van der Waals surface area contributed by atoms with Crippen molar-refractivity contribution in [3.8, 4) is 0 Å². The van der Waals surface area contributed by atoms with Crippen LogP contribution in [0.4, 0.5) is 0 Å². The molecule has 0 heterocycles. The molecule has 0 unspecified atom stereocenters. The summed E-state index contributed by atoms with van der Waals surface area (Å²) >= 11 is 0. The first kappa shape index (κ1) is 57.4. The third-order valence-corrected chi connectivity index (χ3v) is 12.6. The highest BCUT2D eigenvalue weighted by Crippen LogP contribution is 2.24. The topological polar surface area (TPSA) is 82.1 Å². The maximum atomic E-state index is 13.1. The van der Waals surface area contributed by atoms with E-state index in [1.807, 2.05) is 0 Å². The molecule has 59 heavy (non-hydrogen) atoms. The van der Waals surface area contributed by atoms with E-state index in [1.165, 1.54) is 103 Å². The summed E-state index contributed by atoms with van der Waals surface area (Å²) in [5.41, 5.74) is 0. The number of nitrogens with zero attached hydrogens (tertiary/aromatic N) is 1. The zero-order valence-corrected chi connectivity index (χ0v) is 40.4. The minimum Gasteiger partial charge on any atom is -0.466 e. The third kappa shape index (κ3) is 39.0. The first-order valence-corrected chi connectivity index (χ1v) is 26.0. The van der Waals surface area contributed by atoms with Crippen LogP contribution in [0.2, 0.25) is 0 Å². The van der Waals surface area contributed by atoms with E-state index in [-0.39, 0.29) is 23.8 Å². The van der Waals surface area contributed by atoms with Crippen LogP contribution in [-0.4, -0.2) is 62.8 Å². The fraction of sp³-hybridized carbons (Fsp3) is 0.942. The Kier molecular flexibility index (Phi) is 43.2. The molecule has 350 valence electrons. The zero-order valence-electron chi connectivity index (χ0n) is 40.4. The van der Waals surface area contributed by atoms with Gasteiger partial charge in [0.15, 0.2) is 0 Å². The van der Waals surface area contributed by atoms with E-state index in [0.717, 1.165) is 122 Å². The van der Waals surface area contributed by atoms with E-state index in [4.69, 9.17) is 14.2 Å². The van der Waals surface area contributed by atoms with Crippen molar-refractivity contribution in [2.45, 2.75) is 259 Å². The molecule has 7 nitrogen and oxygen atoms in total. The molecule has 0 amide bonds. The fourth-order valence-electron chi connectivity index (χ4n) is 8.32. The SMILES string of the molecule is CCCCCC(CCCCC)CCOC(=O)CCCCCCCCC(CCCCCCCCC(=O)OCCC(CCCCC)CCCCC)C(=O)OCCCN(C)CC. The molecule has 7 heteroatoms. The lowest BCUT2D eigenvalue weighted by molar-refractivity contribution is -0.149. The van der Waals surface area contributed by atoms with Crippen LogP contribution in [0.3, 0.4) is 0 Å². The summed E-state index contributed by atoms with van der Waals surface area (Å²) in [5.74, 6) is 1.31. The van der Waals surface area contributed by atoms with Gasteiger partial charge in [0.05, 0.1) is 25.7 Å². The van der Waals surface area contributed by atoms with Crippen molar-refractivity contribution in [1.82, 2.24) is 4.90 Å². The first-order chi connectivity index (χ1) is 28.8. The fourth-order valence-corrected chi connectivity index (χ4v) is 8.32. The van der Waals surface area contributed by atoms with Crippen molar-refractivity contribution in [3.63, 3.8) is 0 Å². The largest absolute Gasteiger partial charge is 0.466 e. The van der Waals surface area contributed by atoms with Crippen LogP contribution in [0.1, 0.15) is 259 Å². The Morgan fingerprint density at radius 1 is 0.390 bits per heavy atom. The van der Waals surface area contributed by atoms with Crippen molar-refractivity contribution in [2.24, 2.45) is 17.8 Å². The molecule has 0 fully saturated rings. The number of carbonyl (C=O) groups excluding carboxylic acids is 3. The number of carbonyl (C=O) groups is 3. The molecule has 0 rings (SSSR count). The maximum absolute atomic E-state index is 13.1. The monoisotopic (exact) mass is 836 g/mol.